The molecule has 2 heterocycles. The molecule has 0 radical (unpaired) electrons. The van der Waals surface area contributed by atoms with Crippen molar-refractivity contribution < 1.29 is 17.6 Å². The molecular formula is C21H17ClN2O4S2. The first kappa shape index (κ1) is 20.6. The summed E-state index contributed by atoms with van der Waals surface area (Å²) in [5.74, 6) is 0.291. The van der Waals surface area contributed by atoms with E-state index in [0.29, 0.717) is 21.5 Å². The van der Waals surface area contributed by atoms with Crippen LogP contribution in [-0.4, -0.2) is 25.6 Å². The maximum absolute atomic E-state index is 13.3. The van der Waals surface area contributed by atoms with E-state index in [9.17, 15) is 13.2 Å². The molecule has 0 saturated carbocycles. The van der Waals surface area contributed by atoms with E-state index in [0.717, 1.165) is 22.0 Å². The molecule has 9 heteroatoms. The Labute approximate surface area is 182 Å². The summed E-state index contributed by atoms with van der Waals surface area (Å²) in [6.45, 7) is 2.10. The first-order chi connectivity index (χ1) is 14.2. The van der Waals surface area contributed by atoms with Crippen LogP contribution in [0.15, 0.2) is 64.1 Å². The van der Waals surface area contributed by atoms with E-state index in [1.54, 1.807) is 18.4 Å². The summed E-state index contributed by atoms with van der Waals surface area (Å²) in [5, 5.41) is 1.11. The summed E-state index contributed by atoms with van der Waals surface area (Å²) >= 11 is 7.53. The third kappa shape index (κ3) is 4.12. The lowest BCUT2D eigenvalue weighted by molar-refractivity contribution is 0.0983. The largest absolute Gasteiger partial charge is 0.467 e. The van der Waals surface area contributed by atoms with Crippen LogP contribution in [0.2, 0.25) is 5.02 Å². The number of nitrogens with zero attached hydrogens (tertiary/aromatic N) is 2. The molecule has 0 atom stereocenters. The second-order valence-corrected chi connectivity index (χ2v) is 10.3. The van der Waals surface area contributed by atoms with Gasteiger partial charge in [-0.25, -0.2) is 13.4 Å². The number of thiazole rings is 1. The number of halogens is 1. The van der Waals surface area contributed by atoms with Crippen molar-refractivity contribution in [3.05, 3.63) is 76.7 Å². The number of hydrogen-bond acceptors (Lipinski definition) is 6. The van der Waals surface area contributed by atoms with Gasteiger partial charge in [0.15, 0.2) is 15.0 Å². The molecule has 0 spiro atoms. The zero-order valence-corrected chi connectivity index (χ0v) is 18.5. The average Bonchev–Trinajstić information content (AvgIpc) is 3.34. The van der Waals surface area contributed by atoms with Crippen molar-refractivity contribution in [2.75, 3.05) is 11.2 Å². The van der Waals surface area contributed by atoms with Gasteiger partial charge in [0.1, 0.15) is 5.76 Å². The van der Waals surface area contributed by atoms with E-state index in [-0.39, 0.29) is 17.3 Å². The van der Waals surface area contributed by atoms with Crippen molar-refractivity contribution in [2.24, 2.45) is 0 Å². The van der Waals surface area contributed by atoms with Crippen LogP contribution in [0.1, 0.15) is 21.7 Å². The van der Waals surface area contributed by atoms with Gasteiger partial charge in [0, 0.05) is 16.8 Å². The monoisotopic (exact) mass is 460 g/mol. The number of aryl methyl sites for hydroxylation is 1. The Morgan fingerprint density at radius 2 is 1.93 bits per heavy atom. The smallest absolute Gasteiger partial charge is 0.260 e. The SMILES string of the molecule is Cc1cc(Cl)cc2sc(N(Cc3ccco3)C(=O)c3ccc(S(C)(=O)=O)cc3)nc12. The van der Waals surface area contributed by atoms with Crippen molar-refractivity contribution in [2.45, 2.75) is 18.4 Å². The highest BCUT2D eigenvalue weighted by molar-refractivity contribution is 7.90. The molecular weight excluding hydrogens is 444 g/mol. The van der Waals surface area contributed by atoms with E-state index in [1.807, 2.05) is 19.1 Å². The minimum Gasteiger partial charge on any atom is -0.467 e. The van der Waals surface area contributed by atoms with E-state index < -0.39 is 9.84 Å². The van der Waals surface area contributed by atoms with Gasteiger partial charge in [0.05, 0.1) is 27.9 Å². The van der Waals surface area contributed by atoms with Gasteiger partial charge in [-0.15, -0.1) is 0 Å². The summed E-state index contributed by atoms with van der Waals surface area (Å²) < 4.78 is 29.7. The molecule has 0 fully saturated rings. The first-order valence-electron chi connectivity index (χ1n) is 8.93. The zero-order chi connectivity index (χ0) is 21.5. The fourth-order valence-corrected chi connectivity index (χ4v) is 5.09. The summed E-state index contributed by atoms with van der Waals surface area (Å²) in [6.07, 6.45) is 2.67. The molecule has 0 aliphatic carbocycles. The Hall–Kier alpha value is -2.68. The van der Waals surface area contributed by atoms with Crippen LogP contribution in [0.25, 0.3) is 10.2 Å². The molecule has 6 nitrogen and oxygen atoms in total. The van der Waals surface area contributed by atoms with Crippen LogP contribution in [0.4, 0.5) is 5.13 Å². The highest BCUT2D eigenvalue weighted by Crippen LogP contribution is 2.34. The first-order valence-corrected chi connectivity index (χ1v) is 12.0. The van der Waals surface area contributed by atoms with E-state index in [4.69, 9.17) is 16.0 Å². The molecule has 0 aliphatic heterocycles. The Bertz CT molecular complexity index is 1330. The Balaban J connectivity index is 1.76. The summed E-state index contributed by atoms with van der Waals surface area (Å²) in [7, 11) is -3.35. The summed E-state index contributed by atoms with van der Waals surface area (Å²) in [4.78, 5) is 19.7. The number of furan rings is 1. The molecule has 0 aliphatic rings. The Morgan fingerprint density at radius 3 is 2.57 bits per heavy atom. The van der Waals surface area contributed by atoms with E-state index in [1.165, 1.54) is 40.5 Å². The van der Waals surface area contributed by atoms with Crippen molar-refractivity contribution in [1.29, 1.82) is 0 Å². The zero-order valence-electron chi connectivity index (χ0n) is 16.1. The third-order valence-corrected chi connectivity index (χ3v) is 6.91. The van der Waals surface area contributed by atoms with Gasteiger partial charge in [-0.1, -0.05) is 22.9 Å². The van der Waals surface area contributed by atoms with Crippen LogP contribution in [-0.2, 0) is 16.4 Å². The topological polar surface area (TPSA) is 80.5 Å². The van der Waals surface area contributed by atoms with Crippen LogP contribution in [0.3, 0.4) is 0 Å². The molecule has 2 aromatic heterocycles. The van der Waals surface area contributed by atoms with E-state index in [2.05, 4.69) is 4.98 Å². The van der Waals surface area contributed by atoms with Gasteiger partial charge in [-0.2, -0.15) is 0 Å². The minimum atomic E-state index is -3.35. The number of hydrogen-bond donors (Lipinski definition) is 0. The standard InChI is InChI=1S/C21H17ClN2O4S2/c1-13-10-15(22)11-18-19(13)23-21(29-18)24(12-16-4-3-9-28-16)20(25)14-5-7-17(8-6-14)30(2,26)27/h3-11H,12H2,1-2H3. The molecule has 0 bridgehead atoms. The number of carbonyl (C=O) groups is 1. The Kier molecular flexibility index (Phi) is 5.40. The lowest BCUT2D eigenvalue weighted by atomic mass is 10.2. The molecule has 1 amide bonds. The number of amides is 1. The molecule has 30 heavy (non-hydrogen) atoms. The van der Waals surface area contributed by atoms with Crippen LogP contribution < -0.4 is 4.90 Å². The van der Waals surface area contributed by atoms with E-state index >= 15 is 0 Å². The van der Waals surface area contributed by atoms with Crippen molar-refractivity contribution >= 4 is 54.0 Å². The summed E-state index contributed by atoms with van der Waals surface area (Å²) in [6, 6.07) is 13.0. The highest BCUT2D eigenvalue weighted by Gasteiger charge is 2.23. The number of benzene rings is 2. The van der Waals surface area contributed by atoms with Crippen molar-refractivity contribution in [3.63, 3.8) is 0 Å². The third-order valence-electron chi connectivity index (χ3n) is 4.54. The summed E-state index contributed by atoms with van der Waals surface area (Å²) in [5.41, 5.74) is 2.05. The van der Waals surface area contributed by atoms with Crippen LogP contribution >= 0.6 is 22.9 Å². The fourth-order valence-electron chi connectivity index (χ4n) is 3.04. The number of carbonyl (C=O) groups excluding carboxylic acids is 1. The molecule has 2 aromatic carbocycles. The van der Waals surface area contributed by atoms with Crippen molar-refractivity contribution in [1.82, 2.24) is 4.98 Å². The quantitative estimate of drug-likeness (QED) is 0.413. The normalized spacial score (nSPS) is 11.7. The minimum absolute atomic E-state index is 0.155. The predicted molar refractivity (Wildman–Crippen MR) is 118 cm³/mol. The van der Waals surface area contributed by atoms with Gasteiger partial charge in [-0.3, -0.25) is 9.69 Å². The average molecular weight is 461 g/mol. The lowest BCUT2D eigenvalue weighted by Gasteiger charge is -2.19. The maximum atomic E-state index is 13.3. The van der Waals surface area contributed by atoms with Gasteiger partial charge >= 0.3 is 0 Å². The predicted octanol–water partition coefficient (Wildman–Crippen LogP) is 5.10. The second-order valence-electron chi connectivity index (χ2n) is 6.83. The molecule has 4 aromatic rings. The number of sulfone groups is 1. The van der Waals surface area contributed by atoms with Gasteiger partial charge in [0.25, 0.3) is 5.91 Å². The van der Waals surface area contributed by atoms with Gasteiger partial charge in [-0.05, 0) is 61.0 Å². The molecule has 154 valence electrons. The van der Waals surface area contributed by atoms with Crippen molar-refractivity contribution in [3.8, 4) is 0 Å². The molecule has 4 rings (SSSR count). The number of aromatic nitrogens is 1. The van der Waals surface area contributed by atoms with Gasteiger partial charge in [0.2, 0.25) is 0 Å². The van der Waals surface area contributed by atoms with Gasteiger partial charge < -0.3 is 4.42 Å². The maximum Gasteiger partial charge on any atom is 0.260 e. The number of rotatable bonds is 5. The number of anilines is 1. The molecule has 0 N–H and O–H groups in total. The van der Waals surface area contributed by atoms with Crippen LogP contribution in [0.5, 0.6) is 0 Å². The lowest BCUT2D eigenvalue weighted by Crippen LogP contribution is -2.30. The number of fused-ring (bicyclic) bond motifs is 1. The fraction of sp³-hybridized carbons (Fsp3) is 0.143. The highest BCUT2D eigenvalue weighted by atomic mass is 35.5. The van der Waals surface area contributed by atoms with Crippen LogP contribution in [0, 0.1) is 6.92 Å². The molecule has 0 saturated heterocycles. The Morgan fingerprint density at radius 1 is 1.20 bits per heavy atom. The molecule has 0 unspecified atom stereocenters. The second kappa shape index (κ2) is 7.86.